The van der Waals surface area contributed by atoms with E-state index in [1.807, 2.05) is 19.2 Å². The van der Waals surface area contributed by atoms with Crippen LogP contribution in [0.25, 0.3) is 0 Å². The van der Waals surface area contributed by atoms with Crippen LogP contribution in [0.15, 0.2) is 29.2 Å². The van der Waals surface area contributed by atoms with Crippen LogP contribution >= 0.6 is 11.8 Å². The predicted octanol–water partition coefficient (Wildman–Crippen LogP) is 1.62. The lowest BCUT2D eigenvalue weighted by Crippen LogP contribution is -2.34. The Morgan fingerprint density at radius 3 is 2.65 bits per heavy atom. The van der Waals surface area contributed by atoms with E-state index in [9.17, 15) is 8.42 Å². The molecule has 1 aromatic rings. The molecule has 0 aromatic heterocycles. The normalized spacial score (nSPS) is 19.4. The molecule has 1 aliphatic heterocycles. The first-order chi connectivity index (χ1) is 9.62. The van der Waals surface area contributed by atoms with Gasteiger partial charge in [0, 0.05) is 11.8 Å². The lowest BCUT2D eigenvalue weighted by Gasteiger charge is -2.12. The second-order valence-electron chi connectivity index (χ2n) is 5.03. The Hall–Kier alpha value is -0.560. The van der Waals surface area contributed by atoms with Crippen LogP contribution in [0.5, 0.6) is 0 Å². The molecule has 112 valence electrons. The second-order valence-corrected chi connectivity index (χ2v) is 7.90. The number of rotatable bonds is 7. The maximum Gasteiger partial charge on any atom is 0.240 e. The van der Waals surface area contributed by atoms with Crippen molar-refractivity contribution in [2.24, 2.45) is 0 Å². The zero-order valence-electron chi connectivity index (χ0n) is 11.8. The zero-order chi connectivity index (χ0) is 14.4. The Morgan fingerprint density at radius 2 is 2.05 bits per heavy atom. The summed E-state index contributed by atoms with van der Waals surface area (Å²) in [5, 5.41) is 3.11. The number of benzene rings is 1. The smallest absolute Gasteiger partial charge is 0.240 e. The van der Waals surface area contributed by atoms with E-state index in [-0.39, 0.29) is 6.04 Å². The summed E-state index contributed by atoms with van der Waals surface area (Å²) < 4.78 is 27.2. The molecule has 1 aliphatic rings. The van der Waals surface area contributed by atoms with Gasteiger partial charge in [-0.25, -0.2) is 13.1 Å². The molecule has 0 spiro atoms. The molecule has 4 nitrogen and oxygen atoms in total. The summed E-state index contributed by atoms with van der Waals surface area (Å²) in [6.07, 6.45) is 2.94. The molecule has 0 radical (unpaired) electrons. The van der Waals surface area contributed by atoms with Crippen molar-refractivity contribution >= 4 is 21.8 Å². The molecule has 1 atom stereocenters. The van der Waals surface area contributed by atoms with E-state index in [2.05, 4.69) is 10.0 Å². The van der Waals surface area contributed by atoms with Crippen molar-refractivity contribution in [2.45, 2.75) is 30.2 Å². The highest BCUT2D eigenvalue weighted by Gasteiger charge is 2.22. The molecule has 1 fully saturated rings. The van der Waals surface area contributed by atoms with Crippen molar-refractivity contribution in [3.8, 4) is 0 Å². The zero-order valence-corrected chi connectivity index (χ0v) is 13.4. The third-order valence-corrected chi connectivity index (χ3v) is 6.08. The minimum Gasteiger partial charge on any atom is -0.320 e. The summed E-state index contributed by atoms with van der Waals surface area (Å²) in [5.74, 6) is 1.92. The monoisotopic (exact) mass is 314 g/mol. The fourth-order valence-corrected chi connectivity index (χ4v) is 4.75. The molecule has 20 heavy (non-hydrogen) atoms. The highest BCUT2D eigenvalue weighted by atomic mass is 32.2. The Morgan fingerprint density at radius 1 is 1.30 bits per heavy atom. The van der Waals surface area contributed by atoms with Gasteiger partial charge in [-0.1, -0.05) is 12.1 Å². The Bertz CT molecular complexity index is 508. The summed E-state index contributed by atoms with van der Waals surface area (Å²) in [6, 6.07) is 7.32. The molecule has 0 saturated carbocycles. The van der Waals surface area contributed by atoms with Gasteiger partial charge in [-0.05, 0) is 56.3 Å². The van der Waals surface area contributed by atoms with Gasteiger partial charge in [-0.15, -0.1) is 0 Å². The van der Waals surface area contributed by atoms with E-state index in [1.54, 1.807) is 23.9 Å². The molecule has 2 N–H and O–H groups in total. The van der Waals surface area contributed by atoms with Crippen LogP contribution in [0.4, 0.5) is 0 Å². The lowest BCUT2D eigenvalue weighted by molar-refractivity contribution is 0.563. The van der Waals surface area contributed by atoms with Gasteiger partial charge >= 0.3 is 0 Å². The molecule has 6 heteroatoms. The average Bonchev–Trinajstić information content (AvgIpc) is 2.92. The van der Waals surface area contributed by atoms with Gasteiger partial charge in [-0.2, -0.15) is 11.8 Å². The molecule has 0 amide bonds. The molecule has 0 aliphatic carbocycles. The van der Waals surface area contributed by atoms with E-state index in [0.29, 0.717) is 4.90 Å². The first-order valence-electron chi connectivity index (χ1n) is 6.95. The molecule has 1 heterocycles. The number of nitrogens with one attached hydrogen (secondary N) is 2. The minimum atomic E-state index is -3.36. The highest BCUT2D eigenvalue weighted by molar-refractivity contribution is 7.99. The molecular formula is C14H22N2O2S2. The number of aryl methyl sites for hydroxylation is 1. The Kier molecular flexibility index (Phi) is 5.89. The van der Waals surface area contributed by atoms with Crippen molar-refractivity contribution in [2.75, 3.05) is 25.1 Å². The van der Waals surface area contributed by atoms with Gasteiger partial charge in [0.2, 0.25) is 10.0 Å². The van der Waals surface area contributed by atoms with Gasteiger partial charge in [0.15, 0.2) is 0 Å². The molecule has 1 saturated heterocycles. The summed E-state index contributed by atoms with van der Waals surface area (Å²) in [4.78, 5) is 0.367. The number of hydrogen-bond donors (Lipinski definition) is 2. The van der Waals surface area contributed by atoms with Gasteiger partial charge in [0.05, 0.1) is 4.90 Å². The van der Waals surface area contributed by atoms with Crippen molar-refractivity contribution < 1.29 is 8.42 Å². The number of hydrogen-bond acceptors (Lipinski definition) is 4. The van der Waals surface area contributed by atoms with Crippen LogP contribution in [0.1, 0.15) is 18.4 Å². The van der Waals surface area contributed by atoms with Crippen LogP contribution in [0, 0.1) is 0 Å². The van der Waals surface area contributed by atoms with Crippen LogP contribution in [0.3, 0.4) is 0 Å². The molecule has 1 unspecified atom stereocenters. The number of thioether (sulfide) groups is 1. The molecule has 0 bridgehead atoms. The van der Waals surface area contributed by atoms with Crippen molar-refractivity contribution in [3.05, 3.63) is 29.8 Å². The largest absolute Gasteiger partial charge is 0.320 e. The SMILES string of the molecule is CNCCCc1ccc(S(=O)(=O)NC2CCSC2)cc1. The van der Waals surface area contributed by atoms with E-state index >= 15 is 0 Å². The van der Waals surface area contributed by atoms with Crippen LogP contribution in [-0.4, -0.2) is 39.6 Å². The molecular weight excluding hydrogens is 292 g/mol. The fraction of sp³-hybridized carbons (Fsp3) is 0.571. The van der Waals surface area contributed by atoms with E-state index < -0.39 is 10.0 Å². The van der Waals surface area contributed by atoms with E-state index in [1.165, 1.54) is 5.56 Å². The Labute approximate surface area is 125 Å². The van der Waals surface area contributed by atoms with Crippen LogP contribution in [-0.2, 0) is 16.4 Å². The predicted molar refractivity (Wildman–Crippen MR) is 84.7 cm³/mol. The van der Waals surface area contributed by atoms with Gasteiger partial charge in [-0.3, -0.25) is 0 Å². The second kappa shape index (κ2) is 7.45. The lowest BCUT2D eigenvalue weighted by atomic mass is 10.1. The topological polar surface area (TPSA) is 58.2 Å². The van der Waals surface area contributed by atoms with Crippen molar-refractivity contribution in [1.82, 2.24) is 10.0 Å². The fourth-order valence-electron chi connectivity index (χ4n) is 2.22. The molecule has 1 aromatic carbocycles. The highest BCUT2D eigenvalue weighted by Crippen LogP contribution is 2.20. The summed E-state index contributed by atoms with van der Waals surface area (Å²) in [5.41, 5.74) is 1.18. The van der Waals surface area contributed by atoms with Crippen molar-refractivity contribution in [1.29, 1.82) is 0 Å². The van der Waals surface area contributed by atoms with Crippen LogP contribution in [0.2, 0.25) is 0 Å². The summed E-state index contributed by atoms with van der Waals surface area (Å²) in [6.45, 7) is 0.973. The van der Waals surface area contributed by atoms with Gasteiger partial charge in [0.1, 0.15) is 0 Å². The minimum absolute atomic E-state index is 0.0836. The maximum absolute atomic E-state index is 12.2. The summed E-state index contributed by atoms with van der Waals surface area (Å²) >= 11 is 1.80. The molecule has 2 rings (SSSR count). The third kappa shape index (κ3) is 4.48. The van der Waals surface area contributed by atoms with E-state index in [4.69, 9.17) is 0 Å². The van der Waals surface area contributed by atoms with Crippen LogP contribution < -0.4 is 10.0 Å². The summed E-state index contributed by atoms with van der Waals surface area (Å²) in [7, 11) is -1.43. The number of sulfonamides is 1. The average molecular weight is 314 g/mol. The van der Waals surface area contributed by atoms with Gasteiger partial charge in [0.25, 0.3) is 0 Å². The van der Waals surface area contributed by atoms with Crippen molar-refractivity contribution in [3.63, 3.8) is 0 Å². The van der Waals surface area contributed by atoms with Gasteiger partial charge < -0.3 is 5.32 Å². The van der Waals surface area contributed by atoms with E-state index in [0.717, 1.165) is 37.3 Å². The first-order valence-corrected chi connectivity index (χ1v) is 9.59. The first kappa shape index (κ1) is 15.8. The standard InChI is InChI=1S/C14H22N2O2S2/c1-15-9-2-3-12-4-6-14(7-5-12)20(17,18)16-13-8-10-19-11-13/h4-7,13,15-16H,2-3,8-11H2,1H3. The quantitative estimate of drug-likeness (QED) is 0.751. The third-order valence-electron chi connectivity index (χ3n) is 3.38. The maximum atomic E-state index is 12.2. The Balaban J connectivity index is 1.97.